The second kappa shape index (κ2) is 5.34. The molecule has 1 atom stereocenters. The molecule has 2 fully saturated rings. The summed E-state index contributed by atoms with van der Waals surface area (Å²) in [4.78, 5) is 26.0. The number of likely N-dealkylation sites (tertiary alicyclic amines) is 1. The van der Waals surface area contributed by atoms with Crippen LogP contribution in [0.25, 0.3) is 0 Å². The van der Waals surface area contributed by atoms with Gasteiger partial charge in [-0.2, -0.15) is 0 Å². The number of hydrogen-bond donors (Lipinski definition) is 1. The van der Waals surface area contributed by atoms with Crippen molar-refractivity contribution < 1.29 is 9.59 Å². The molecule has 1 saturated heterocycles. The standard InChI is InChI=1S/C16H19ClN2O2/c17-13-4-1-3-12(9-13)16(6-2-7-16)15(21)19-8-5-11(10-19)14(18)20/h1,3-4,9,11H,2,5-8,10H2,(H2,18,20). The highest BCUT2D eigenvalue weighted by molar-refractivity contribution is 6.30. The van der Waals surface area contributed by atoms with Crippen LogP contribution in [0.4, 0.5) is 0 Å². The highest BCUT2D eigenvalue weighted by atomic mass is 35.5. The molecule has 1 aromatic carbocycles. The topological polar surface area (TPSA) is 63.4 Å². The first-order valence-electron chi connectivity index (χ1n) is 7.38. The number of hydrogen-bond acceptors (Lipinski definition) is 2. The van der Waals surface area contributed by atoms with Gasteiger partial charge in [-0.3, -0.25) is 9.59 Å². The van der Waals surface area contributed by atoms with E-state index in [1.807, 2.05) is 24.3 Å². The Morgan fingerprint density at radius 2 is 2.10 bits per heavy atom. The van der Waals surface area contributed by atoms with Crippen molar-refractivity contribution in [3.05, 3.63) is 34.9 Å². The fourth-order valence-corrected chi connectivity index (χ4v) is 3.61. The fourth-order valence-electron chi connectivity index (χ4n) is 3.42. The largest absolute Gasteiger partial charge is 0.369 e. The monoisotopic (exact) mass is 306 g/mol. The van der Waals surface area contributed by atoms with E-state index < -0.39 is 5.41 Å². The molecular formula is C16H19ClN2O2. The molecule has 1 aromatic rings. The summed E-state index contributed by atoms with van der Waals surface area (Å²) in [6.45, 7) is 1.07. The quantitative estimate of drug-likeness (QED) is 0.929. The lowest BCUT2D eigenvalue weighted by molar-refractivity contribution is -0.140. The molecule has 112 valence electrons. The zero-order chi connectivity index (χ0) is 15.0. The number of nitrogens with zero attached hydrogens (tertiary/aromatic N) is 1. The van der Waals surface area contributed by atoms with E-state index in [-0.39, 0.29) is 17.7 Å². The second-order valence-electron chi connectivity index (χ2n) is 6.09. The lowest BCUT2D eigenvalue weighted by Crippen LogP contribution is -2.50. The van der Waals surface area contributed by atoms with E-state index in [9.17, 15) is 9.59 Å². The molecule has 0 aromatic heterocycles. The van der Waals surface area contributed by atoms with Crippen LogP contribution in [0, 0.1) is 5.92 Å². The number of carbonyl (C=O) groups excluding carboxylic acids is 2. The summed E-state index contributed by atoms with van der Waals surface area (Å²) in [5.41, 5.74) is 5.90. The van der Waals surface area contributed by atoms with Gasteiger partial charge in [-0.05, 0) is 37.0 Å². The third-order valence-corrected chi connectivity index (χ3v) is 5.11. The number of nitrogens with two attached hydrogens (primary N) is 1. The predicted octanol–water partition coefficient (Wildman–Crippen LogP) is 2.10. The molecule has 0 radical (unpaired) electrons. The first kappa shape index (κ1) is 14.4. The normalized spacial score (nSPS) is 23.7. The number of rotatable bonds is 3. The van der Waals surface area contributed by atoms with Gasteiger partial charge in [-0.1, -0.05) is 30.2 Å². The van der Waals surface area contributed by atoms with Crippen LogP contribution >= 0.6 is 11.6 Å². The molecule has 2 amide bonds. The summed E-state index contributed by atoms with van der Waals surface area (Å²) >= 11 is 6.07. The Morgan fingerprint density at radius 3 is 2.62 bits per heavy atom. The van der Waals surface area contributed by atoms with Gasteiger partial charge in [-0.15, -0.1) is 0 Å². The van der Waals surface area contributed by atoms with Crippen molar-refractivity contribution in [1.82, 2.24) is 4.90 Å². The molecule has 1 aliphatic carbocycles. The molecule has 1 heterocycles. The molecule has 2 N–H and O–H groups in total. The summed E-state index contributed by atoms with van der Waals surface area (Å²) in [7, 11) is 0. The van der Waals surface area contributed by atoms with Gasteiger partial charge in [-0.25, -0.2) is 0 Å². The Morgan fingerprint density at radius 1 is 1.33 bits per heavy atom. The molecular weight excluding hydrogens is 288 g/mol. The van der Waals surface area contributed by atoms with Crippen LogP contribution in [0.15, 0.2) is 24.3 Å². The van der Waals surface area contributed by atoms with Gasteiger partial charge in [0.15, 0.2) is 0 Å². The minimum absolute atomic E-state index is 0.125. The highest BCUT2D eigenvalue weighted by Gasteiger charge is 2.49. The molecule has 21 heavy (non-hydrogen) atoms. The number of primary amides is 1. The molecule has 5 heteroatoms. The maximum atomic E-state index is 13.0. The van der Waals surface area contributed by atoms with Crippen LogP contribution in [-0.4, -0.2) is 29.8 Å². The summed E-state index contributed by atoms with van der Waals surface area (Å²) in [5, 5.41) is 0.656. The van der Waals surface area contributed by atoms with Crippen LogP contribution in [-0.2, 0) is 15.0 Å². The summed E-state index contributed by atoms with van der Waals surface area (Å²) in [6.07, 6.45) is 3.42. The maximum absolute atomic E-state index is 13.0. The Bertz CT molecular complexity index is 583. The molecule has 1 aliphatic heterocycles. The van der Waals surface area contributed by atoms with Crippen molar-refractivity contribution in [2.45, 2.75) is 31.1 Å². The third-order valence-electron chi connectivity index (χ3n) is 4.87. The molecule has 1 saturated carbocycles. The van der Waals surface area contributed by atoms with Crippen LogP contribution in [0.1, 0.15) is 31.2 Å². The maximum Gasteiger partial charge on any atom is 0.233 e. The number of amides is 2. The van der Waals surface area contributed by atoms with Gasteiger partial charge in [0.1, 0.15) is 0 Å². The molecule has 4 nitrogen and oxygen atoms in total. The fraction of sp³-hybridized carbons (Fsp3) is 0.500. The smallest absolute Gasteiger partial charge is 0.233 e. The number of halogens is 1. The van der Waals surface area contributed by atoms with E-state index in [4.69, 9.17) is 17.3 Å². The van der Waals surface area contributed by atoms with Crippen LogP contribution in [0.2, 0.25) is 5.02 Å². The van der Waals surface area contributed by atoms with Gasteiger partial charge in [0, 0.05) is 18.1 Å². The zero-order valence-corrected chi connectivity index (χ0v) is 12.6. The predicted molar refractivity (Wildman–Crippen MR) is 80.9 cm³/mol. The van der Waals surface area contributed by atoms with Crippen LogP contribution in [0.5, 0.6) is 0 Å². The molecule has 0 bridgehead atoms. The number of benzene rings is 1. The van der Waals surface area contributed by atoms with Crippen LogP contribution in [0.3, 0.4) is 0 Å². The first-order chi connectivity index (χ1) is 10.0. The second-order valence-corrected chi connectivity index (χ2v) is 6.52. The SMILES string of the molecule is NC(=O)C1CCN(C(=O)C2(c3cccc(Cl)c3)CCC2)C1. The lowest BCUT2D eigenvalue weighted by Gasteiger charge is -2.43. The Balaban J connectivity index is 1.83. The van der Waals surface area contributed by atoms with E-state index in [1.165, 1.54) is 0 Å². The van der Waals surface area contributed by atoms with Crippen molar-refractivity contribution in [2.24, 2.45) is 11.7 Å². The van der Waals surface area contributed by atoms with Crippen molar-refractivity contribution in [1.29, 1.82) is 0 Å². The molecule has 3 rings (SSSR count). The third kappa shape index (κ3) is 2.42. The van der Waals surface area contributed by atoms with Crippen molar-refractivity contribution in [3.8, 4) is 0 Å². The minimum atomic E-state index is -0.447. The Kier molecular flexibility index (Phi) is 3.66. The van der Waals surface area contributed by atoms with Gasteiger partial charge in [0.25, 0.3) is 0 Å². The van der Waals surface area contributed by atoms with Crippen LogP contribution < -0.4 is 5.73 Å². The van der Waals surface area contributed by atoms with Gasteiger partial charge in [0.05, 0.1) is 11.3 Å². The van der Waals surface area contributed by atoms with E-state index in [0.717, 1.165) is 24.8 Å². The average molecular weight is 307 g/mol. The van der Waals surface area contributed by atoms with Gasteiger partial charge in [0.2, 0.25) is 11.8 Å². The highest BCUT2D eigenvalue weighted by Crippen LogP contribution is 2.46. The summed E-state index contributed by atoms with van der Waals surface area (Å²) < 4.78 is 0. The number of carbonyl (C=O) groups is 2. The van der Waals surface area contributed by atoms with Crippen molar-refractivity contribution in [2.75, 3.05) is 13.1 Å². The average Bonchev–Trinajstić information content (AvgIpc) is 2.87. The zero-order valence-electron chi connectivity index (χ0n) is 11.8. The minimum Gasteiger partial charge on any atom is -0.369 e. The summed E-state index contributed by atoms with van der Waals surface area (Å²) in [6, 6.07) is 7.58. The van der Waals surface area contributed by atoms with E-state index in [1.54, 1.807) is 4.90 Å². The molecule has 2 aliphatic rings. The molecule has 1 unspecified atom stereocenters. The Labute approximate surface area is 129 Å². The van der Waals surface area contributed by atoms with Gasteiger partial charge >= 0.3 is 0 Å². The van der Waals surface area contributed by atoms with E-state index in [0.29, 0.717) is 24.5 Å². The van der Waals surface area contributed by atoms with Gasteiger partial charge < -0.3 is 10.6 Å². The first-order valence-corrected chi connectivity index (χ1v) is 7.75. The lowest BCUT2D eigenvalue weighted by atomic mass is 9.63. The van der Waals surface area contributed by atoms with E-state index >= 15 is 0 Å². The Hall–Kier alpha value is -1.55. The van der Waals surface area contributed by atoms with Crippen molar-refractivity contribution in [3.63, 3.8) is 0 Å². The summed E-state index contributed by atoms with van der Waals surface area (Å²) in [5.74, 6) is -0.388. The van der Waals surface area contributed by atoms with Crippen molar-refractivity contribution >= 4 is 23.4 Å². The molecule has 0 spiro atoms. The van der Waals surface area contributed by atoms with E-state index in [2.05, 4.69) is 0 Å².